The molecular weight excluding hydrogens is 259 g/mol. The Balaban J connectivity index is 1.76. The molecule has 19 heavy (non-hydrogen) atoms. The van der Waals surface area contributed by atoms with Crippen molar-refractivity contribution in [3.05, 3.63) is 57.0 Å². The molecular formula is C15H17FN2S. The number of nitrogens with two attached hydrogens (primary N) is 1. The van der Waals surface area contributed by atoms with Crippen LogP contribution >= 0.6 is 11.3 Å². The van der Waals surface area contributed by atoms with Crippen molar-refractivity contribution in [1.82, 2.24) is 4.90 Å². The van der Waals surface area contributed by atoms with Gasteiger partial charge >= 0.3 is 0 Å². The van der Waals surface area contributed by atoms with Crippen LogP contribution in [0.1, 0.15) is 21.6 Å². The summed E-state index contributed by atoms with van der Waals surface area (Å²) in [5.74, 6) is -0.206. The number of halogens is 1. The quantitative estimate of drug-likeness (QED) is 0.934. The average molecular weight is 276 g/mol. The van der Waals surface area contributed by atoms with Crippen LogP contribution in [0.2, 0.25) is 0 Å². The molecule has 0 aliphatic carbocycles. The molecule has 2 N–H and O–H groups in total. The Morgan fingerprint density at radius 2 is 2.16 bits per heavy atom. The summed E-state index contributed by atoms with van der Waals surface area (Å²) in [6, 6.07) is 7.14. The van der Waals surface area contributed by atoms with Gasteiger partial charge in [0.15, 0.2) is 0 Å². The molecule has 0 fully saturated rings. The van der Waals surface area contributed by atoms with Crippen LogP contribution in [0, 0.1) is 5.82 Å². The average Bonchev–Trinajstić information content (AvgIpc) is 2.88. The summed E-state index contributed by atoms with van der Waals surface area (Å²) in [6.45, 7) is 3.29. The van der Waals surface area contributed by atoms with E-state index in [9.17, 15) is 4.39 Å². The molecule has 1 aliphatic heterocycles. The number of benzene rings is 1. The predicted molar refractivity (Wildman–Crippen MR) is 76.4 cm³/mol. The number of hydrogen-bond acceptors (Lipinski definition) is 3. The maximum atomic E-state index is 13.2. The summed E-state index contributed by atoms with van der Waals surface area (Å²) >= 11 is 1.85. The SMILES string of the molecule is NCc1cc(F)ccc1CN1CCc2sccc2C1. The first-order valence-corrected chi connectivity index (χ1v) is 7.39. The molecule has 0 amide bonds. The molecule has 0 atom stereocenters. The van der Waals surface area contributed by atoms with Gasteiger partial charge in [-0.25, -0.2) is 4.39 Å². The molecule has 0 unspecified atom stereocenters. The fourth-order valence-electron chi connectivity index (χ4n) is 2.62. The van der Waals surface area contributed by atoms with Crippen molar-refractivity contribution in [2.45, 2.75) is 26.1 Å². The van der Waals surface area contributed by atoms with Gasteiger partial charge in [0.25, 0.3) is 0 Å². The minimum absolute atomic E-state index is 0.206. The highest BCUT2D eigenvalue weighted by Gasteiger charge is 2.18. The van der Waals surface area contributed by atoms with Crippen LogP contribution in [0.15, 0.2) is 29.6 Å². The number of thiophene rings is 1. The summed E-state index contributed by atoms with van der Waals surface area (Å²) < 4.78 is 13.2. The Labute approximate surface area is 116 Å². The van der Waals surface area contributed by atoms with Gasteiger partial charge in [-0.2, -0.15) is 0 Å². The Kier molecular flexibility index (Phi) is 3.64. The molecule has 0 spiro atoms. The van der Waals surface area contributed by atoms with E-state index in [1.165, 1.54) is 16.5 Å². The van der Waals surface area contributed by atoms with Crippen LogP contribution in [0.3, 0.4) is 0 Å². The van der Waals surface area contributed by atoms with E-state index in [0.717, 1.165) is 37.2 Å². The fourth-order valence-corrected chi connectivity index (χ4v) is 3.51. The van der Waals surface area contributed by atoms with Crippen LogP contribution in [0.25, 0.3) is 0 Å². The van der Waals surface area contributed by atoms with Crippen LogP contribution < -0.4 is 5.73 Å². The number of nitrogens with zero attached hydrogens (tertiary/aromatic N) is 1. The van der Waals surface area contributed by atoms with E-state index in [0.29, 0.717) is 6.54 Å². The first kappa shape index (κ1) is 12.8. The third-order valence-electron chi connectivity index (χ3n) is 3.67. The second-order valence-electron chi connectivity index (χ2n) is 4.95. The zero-order valence-corrected chi connectivity index (χ0v) is 11.5. The molecule has 2 heterocycles. The molecule has 0 saturated carbocycles. The topological polar surface area (TPSA) is 29.3 Å². The van der Waals surface area contributed by atoms with E-state index in [-0.39, 0.29) is 5.82 Å². The van der Waals surface area contributed by atoms with Crippen molar-refractivity contribution in [3.63, 3.8) is 0 Å². The van der Waals surface area contributed by atoms with Crippen molar-refractivity contribution in [2.24, 2.45) is 5.73 Å². The molecule has 0 saturated heterocycles. The second-order valence-corrected chi connectivity index (χ2v) is 5.95. The lowest BCUT2D eigenvalue weighted by Crippen LogP contribution is -2.29. The van der Waals surface area contributed by atoms with E-state index in [4.69, 9.17) is 5.73 Å². The van der Waals surface area contributed by atoms with Crippen molar-refractivity contribution < 1.29 is 4.39 Å². The Morgan fingerprint density at radius 3 is 3.00 bits per heavy atom. The molecule has 100 valence electrons. The smallest absolute Gasteiger partial charge is 0.123 e. The molecule has 4 heteroatoms. The van der Waals surface area contributed by atoms with E-state index < -0.39 is 0 Å². The van der Waals surface area contributed by atoms with Gasteiger partial charge in [0.05, 0.1) is 0 Å². The first-order valence-electron chi connectivity index (χ1n) is 6.51. The predicted octanol–water partition coefficient (Wildman–Crippen LogP) is 2.90. The van der Waals surface area contributed by atoms with Gasteiger partial charge in [0.1, 0.15) is 5.82 Å². The van der Waals surface area contributed by atoms with Gasteiger partial charge < -0.3 is 5.73 Å². The molecule has 3 rings (SSSR count). The third kappa shape index (κ3) is 2.71. The minimum Gasteiger partial charge on any atom is -0.326 e. The van der Waals surface area contributed by atoms with Crippen LogP contribution in [0.5, 0.6) is 0 Å². The molecule has 1 aromatic carbocycles. The second kappa shape index (κ2) is 5.41. The van der Waals surface area contributed by atoms with E-state index in [2.05, 4.69) is 16.3 Å². The largest absolute Gasteiger partial charge is 0.326 e. The van der Waals surface area contributed by atoms with E-state index >= 15 is 0 Å². The minimum atomic E-state index is -0.206. The van der Waals surface area contributed by atoms with Gasteiger partial charge in [0, 0.05) is 31.1 Å². The van der Waals surface area contributed by atoms with E-state index in [1.54, 1.807) is 6.07 Å². The van der Waals surface area contributed by atoms with Crippen LogP contribution in [-0.2, 0) is 26.1 Å². The zero-order valence-electron chi connectivity index (χ0n) is 10.7. The maximum absolute atomic E-state index is 13.2. The Morgan fingerprint density at radius 1 is 1.26 bits per heavy atom. The first-order chi connectivity index (χ1) is 9.26. The highest BCUT2D eigenvalue weighted by molar-refractivity contribution is 7.10. The molecule has 1 aromatic heterocycles. The Bertz CT molecular complexity index is 579. The maximum Gasteiger partial charge on any atom is 0.123 e. The highest BCUT2D eigenvalue weighted by atomic mass is 32.1. The van der Waals surface area contributed by atoms with Gasteiger partial charge in [-0.15, -0.1) is 11.3 Å². The number of fused-ring (bicyclic) bond motifs is 1. The summed E-state index contributed by atoms with van der Waals surface area (Å²) in [4.78, 5) is 3.91. The summed E-state index contributed by atoms with van der Waals surface area (Å²) in [6.07, 6.45) is 1.12. The van der Waals surface area contributed by atoms with Crippen molar-refractivity contribution in [2.75, 3.05) is 6.54 Å². The van der Waals surface area contributed by atoms with Gasteiger partial charge in [-0.3, -0.25) is 4.90 Å². The van der Waals surface area contributed by atoms with Gasteiger partial charge in [-0.1, -0.05) is 6.07 Å². The Hall–Kier alpha value is -1.23. The van der Waals surface area contributed by atoms with Gasteiger partial charge in [-0.05, 0) is 46.7 Å². The third-order valence-corrected chi connectivity index (χ3v) is 4.69. The van der Waals surface area contributed by atoms with Crippen molar-refractivity contribution in [3.8, 4) is 0 Å². The lowest BCUT2D eigenvalue weighted by atomic mass is 10.0. The number of rotatable bonds is 3. The van der Waals surface area contributed by atoms with Crippen molar-refractivity contribution in [1.29, 1.82) is 0 Å². The summed E-state index contributed by atoms with van der Waals surface area (Å²) in [5, 5.41) is 2.16. The van der Waals surface area contributed by atoms with E-state index in [1.807, 2.05) is 17.4 Å². The normalized spacial score (nSPS) is 15.5. The summed E-state index contributed by atoms with van der Waals surface area (Å²) in [5.41, 5.74) is 9.19. The summed E-state index contributed by atoms with van der Waals surface area (Å²) in [7, 11) is 0. The molecule has 1 aliphatic rings. The van der Waals surface area contributed by atoms with Crippen molar-refractivity contribution >= 4 is 11.3 Å². The monoisotopic (exact) mass is 276 g/mol. The molecule has 0 bridgehead atoms. The zero-order chi connectivity index (χ0) is 13.2. The molecule has 0 radical (unpaired) electrons. The van der Waals surface area contributed by atoms with Crippen LogP contribution in [-0.4, -0.2) is 11.4 Å². The fraction of sp³-hybridized carbons (Fsp3) is 0.333. The highest BCUT2D eigenvalue weighted by Crippen LogP contribution is 2.25. The van der Waals surface area contributed by atoms with Gasteiger partial charge in [0.2, 0.25) is 0 Å². The standard InChI is InChI=1S/C15H17FN2S/c16-14-2-1-11(13(7-14)8-17)9-18-5-3-15-12(10-18)4-6-19-15/h1-2,4,6-7H,3,5,8-10,17H2. The molecule has 2 aromatic rings. The van der Waals surface area contributed by atoms with Crippen LogP contribution in [0.4, 0.5) is 4.39 Å². The lowest BCUT2D eigenvalue weighted by molar-refractivity contribution is 0.246. The number of hydrogen-bond donors (Lipinski definition) is 1. The lowest BCUT2D eigenvalue weighted by Gasteiger charge is -2.27. The molecule has 2 nitrogen and oxygen atoms in total.